The van der Waals surface area contributed by atoms with Crippen molar-refractivity contribution in [2.24, 2.45) is 0 Å². The molecule has 0 amide bonds. The zero-order valence-electron chi connectivity index (χ0n) is 19.1. The van der Waals surface area contributed by atoms with Gasteiger partial charge in [-0.1, -0.05) is 0 Å². The monoisotopic (exact) mass is 522 g/mol. The number of rotatable bonds is 8. The third-order valence-electron chi connectivity index (χ3n) is 6.35. The number of aromatic nitrogens is 3. The van der Waals surface area contributed by atoms with E-state index >= 15 is 0 Å². The lowest BCUT2D eigenvalue weighted by Crippen LogP contribution is -2.39. The molecule has 5 rings (SSSR count). The molecule has 4 aromatic rings. The van der Waals surface area contributed by atoms with E-state index in [1.54, 1.807) is 11.6 Å². The number of likely N-dealkylation sites (tertiary alicyclic amines) is 1. The molecular weight excluding hydrogens is 499 g/mol. The van der Waals surface area contributed by atoms with Gasteiger partial charge in [-0.05, 0) is 55.3 Å². The van der Waals surface area contributed by atoms with E-state index in [1.807, 2.05) is 22.2 Å². The van der Waals surface area contributed by atoms with Crippen molar-refractivity contribution in [1.29, 1.82) is 0 Å². The molecule has 1 aromatic carbocycles. The molecule has 0 saturated carbocycles. The molecule has 0 aliphatic carbocycles. The zero-order valence-corrected chi connectivity index (χ0v) is 20.0. The molecule has 1 saturated heterocycles. The number of hydrogen-bond acceptors (Lipinski definition) is 5. The maximum Gasteiger partial charge on any atom is 0.387 e. The molecule has 0 spiro atoms. The maximum atomic E-state index is 14.3. The fraction of sp³-hybridized carbons (Fsp3) is 0.360. The summed E-state index contributed by atoms with van der Waals surface area (Å²) in [6, 6.07) is 7.41. The summed E-state index contributed by atoms with van der Waals surface area (Å²) in [5.41, 5.74) is 4.30. The molecule has 0 atom stereocenters. The van der Waals surface area contributed by atoms with Crippen LogP contribution >= 0.6 is 11.3 Å². The van der Waals surface area contributed by atoms with Gasteiger partial charge < -0.3 is 9.64 Å². The highest BCUT2D eigenvalue weighted by molar-refractivity contribution is 7.07. The molecule has 36 heavy (non-hydrogen) atoms. The summed E-state index contributed by atoms with van der Waals surface area (Å²) in [6.07, 6.45) is 3.31. The third-order valence-corrected chi connectivity index (χ3v) is 6.93. The van der Waals surface area contributed by atoms with Crippen LogP contribution in [-0.2, 0) is 6.42 Å². The number of fused-ring (bicyclic) bond motifs is 1. The molecule has 0 radical (unpaired) electrons. The third kappa shape index (κ3) is 5.36. The van der Waals surface area contributed by atoms with Crippen LogP contribution in [0.2, 0.25) is 0 Å². The van der Waals surface area contributed by atoms with Crippen molar-refractivity contribution < 1.29 is 26.7 Å². The van der Waals surface area contributed by atoms with Crippen LogP contribution in [0.5, 0.6) is 5.75 Å². The number of piperidine rings is 1. The van der Waals surface area contributed by atoms with Crippen LogP contribution in [0, 0.1) is 5.82 Å². The molecule has 1 aliphatic rings. The van der Waals surface area contributed by atoms with E-state index in [2.05, 4.69) is 14.6 Å². The van der Waals surface area contributed by atoms with E-state index in [-0.39, 0.29) is 12.8 Å². The molecule has 4 heterocycles. The average Bonchev–Trinajstić information content (AvgIpc) is 3.49. The first kappa shape index (κ1) is 24.6. The first-order chi connectivity index (χ1) is 17.3. The standard InChI is InChI=1S/C25H23F5N4OS/c26-19-12-16(3-6-21(19)35-24(27)28)20-5-4-18-17(2-1-9-33-10-7-25(29,30)8-11-33)13-34(23(18)32-20)22-14-36-15-31-22/h3-6,12-15,24H,1-2,7-11H2. The highest BCUT2D eigenvalue weighted by Crippen LogP contribution is 2.31. The minimum absolute atomic E-state index is 0.0985. The summed E-state index contributed by atoms with van der Waals surface area (Å²) in [7, 11) is 0. The lowest BCUT2D eigenvalue weighted by atomic mass is 10.1. The Bertz CT molecular complexity index is 1330. The van der Waals surface area contributed by atoms with Gasteiger partial charge in [-0.25, -0.2) is 23.1 Å². The van der Waals surface area contributed by atoms with E-state index in [0.29, 0.717) is 35.8 Å². The predicted molar refractivity (Wildman–Crippen MR) is 128 cm³/mol. The van der Waals surface area contributed by atoms with Crippen LogP contribution in [0.15, 0.2) is 47.4 Å². The number of pyridine rings is 1. The van der Waals surface area contributed by atoms with E-state index in [0.717, 1.165) is 42.5 Å². The lowest BCUT2D eigenvalue weighted by Gasteiger charge is -2.31. The fourth-order valence-corrected chi connectivity index (χ4v) is 5.00. The van der Waals surface area contributed by atoms with E-state index in [9.17, 15) is 22.0 Å². The van der Waals surface area contributed by atoms with Crippen LogP contribution in [0.25, 0.3) is 28.1 Å². The molecular formula is C25H23F5N4OS. The number of hydrogen-bond donors (Lipinski definition) is 0. The Labute approximate surface area is 208 Å². The summed E-state index contributed by atoms with van der Waals surface area (Å²) in [4.78, 5) is 11.2. The maximum absolute atomic E-state index is 14.3. The largest absolute Gasteiger partial charge is 0.432 e. The smallest absolute Gasteiger partial charge is 0.387 e. The lowest BCUT2D eigenvalue weighted by molar-refractivity contribution is -0.0552. The molecule has 3 aromatic heterocycles. The minimum Gasteiger partial charge on any atom is -0.432 e. The molecule has 0 unspecified atom stereocenters. The van der Waals surface area contributed by atoms with Gasteiger partial charge in [-0.15, -0.1) is 11.3 Å². The SMILES string of the molecule is Fc1cc(-c2ccc3c(CCCN4CCC(F)(F)CC4)cn(-c4cscn4)c3n2)ccc1OC(F)F. The van der Waals surface area contributed by atoms with Crippen molar-refractivity contribution in [2.45, 2.75) is 38.2 Å². The quantitative estimate of drug-likeness (QED) is 0.246. The predicted octanol–water partition coefficient (Wildman–Crippen LogP) is 6.55. The second-order valence-electron chi connectivity index (χ2n) is 8.76. The molecule has 0 bridgehead atoms. The van der Waals surface area contributed by atoms with Crippen molar-refractivity contribution in [3.8, 4) is 22.8 Å². The Kier molecular flexibility index (Phi) is 6.94. The van der Waals surface area contributed by atoms with Crippen LogP contribution in [-0.4, -0.2) is 51.6 Å². The minimum atomic E-state index is -3.12. The van der Waals surface area contributed by atoms with E-state index in [1.165, 1.54) is 17.4 Å². The van der Waals surface area contributed by atoms with Gasteiger partial charge in [-0.2, -0.15) is 8.78 Å². The number of benzene rings is 1. The van der Waals surface area contributed by atoms with Gasteiger partial charge in [0.1, 0.15) is 11.5 Å². The topological polar surface area (TPSA) is 43.2 Å². The molecule has 0 N–H and O–H groups in total. The molecule has 1 aliphatic heterocycles. The molecule has 190 valence electrons. The Hall–Kier alpha value is -3.05. The summed E-state index contributed by atoms with van der Waals surface area (Å²) in [5, 5.41) is 2.80. The second kappa shape index (κ2) is 10.1. The van der Waals surface area contributed by atoms with Gasteiger partial charge in [0.15, 0.2) is 11.6 Å². The van der Waals surface area contributed by atoms with Gasteiger partial charge in [0, 0.05) is 48.5 Å². The Morgan fingerprint density at radius 1 is 1.11 bits per heavy atom. The average molecular weight is 523 g/mol. The van der Waals surface area contributed by atoms with Crippen molar-refractivity contribution >= 4 is 22.4 Å². The van der Waals surface area contributed by atoms with Crippen molar-refractivity contribution in [3.05, 3.63) is 58.8 Å². The molecule has 11 heteroatoms. The van der Waals surface area contributed by atoms with E-state index in [4.69, 9.17) is 4.98 Å². The highest BCUT2D eigenvalue weighted by Gasteiger charge is 2.33. The van der Waals surface area contributed by atoms with Crippen LogP contribution in [0.4, 0.5) is 22.0 Å². The number of halogens is 5. The Balaban J connectivity index is 1.40. The van der Waals surface area contributed by atoms with Crippen LogP contribution in [0.3, 0.4) is 0 Å². The van der Waals surface area contributed by atoms with Gasteiger partial charge >= 0.3 is 6.61 Å². The highest BCUT2D eigenvalue weighted by atomic mass is 32.1. The van der Waals surface area contributed by atoms with Crippen molar-refractivity contribution in [3.63, 3.8) is 0 Å². The second-order valence-corrected chi connectivity index (χ2v) is 9.48. The first-order valence-electron chi connectivity index (χ1n) is 11.5. The zero-order chi connectivity index (χ0) is 25.3. The summed E-state index contributed by atoms with van der Waals surface area (Å²) >= 11 is 1.45. The van der Waals surface area contributed by atoms with Gasteiger partial charge in [0.2, 0.25) is 0 Å². The van der Waals surface area contributed by atoms with Gasteiger partial charge in [0.25, 0.3) is 5.92 Å². The molecule has 1 fully saturated rings. The summed E-state index contributed by atoms with van der Waals surface area (Å²) < 4.78 is 72.1. The summed E-state index contributed by atoms with van der Waals surface area (Å²) in [5.74, 6) is -3.29. The molecule has 5 nitrogen and oxygen atoms in total. The Morgan fingerprint density at radius 2 is 1.92 bits per heavy atom. The number of aryl methyl sites for hydroxylation is 1. The van der Waals surface area contributed by atoms with Crippen LogP contribution in [0.1, 0.15) is 24.8 Å². The number of alkyl halides is 4. The van der Waals surface area contributed by atoms with Gasteiger partial charge in [0.05, 0.1) is 11.2 Å². The Morgan fingerprint density at radius 3 is 2.61 bits per heavy atom. The normalized spacial score (nSPS) is 16.2. The van der Waals surface area contributed by atoms with Crippen molar-refractivity contribution in [1.82, 2.24) is 19.4 Å². The summed E-state index contributed by atoms with van der Waals surface area (Å²) in [6.45, 7) is -1.58. The fourth-order valence-electron chi connectivity index (χ4n) is 4.48. The number of nitrogens with zero attached hydrogens (tertiary/aromatic N) is 4. The van der Waals surface area contributed by atoms with Crippen LogP contribution < -0.4 is 4.74 Å². The van der Waals surface area contributed by atoms with Gasteiger partial charge in [-0.3, -0.25) is 4.57 Å². The first-order valence-corrected chi connectivity index (χ1v) is 12.5. The van der Waals surface area contributed by atoms with E-state index < -0.39 is 24.1 Å². The number of thiazole rings is 1. The van der Waals surface area contributed by atoms with Crippen molar-refractivity contribution in [2.75, 3.05) is 19.6 Å². The number of ether oxygens (including phenoxy) is 1.